The summed E-state index contributed by atoms with van der Waals surface area (Å²) in [4.78, 5) is 12.6. The Kier molecular flexibility index (Phi) is 4.37. The van der Waals surface area contributed by atoms with E-state index in [1.54, 1.807) is 37.3 Å². The Hall–Kier alpha value is -1.72. The van der Waals surface area contributed by atoms with Crippen molar-refractivity contribution in [1.82, 2.24) is 0 Å². The van der Waals surface area contributed by atoms with Crippen LogP contribution in [0.5, 0.6) is 0 Å². The predicted octanol–water partition coefficient (Wildman–Crippen LogP) is 3.21. The molecule has 0 saturated heterocycles. The molecule has 0 heterocycles. The summed E-state index contributed by atoms with van der Waals surface area (Å²) in [7, 11) is 0. The van der Waals surface area contributed by atoms with E-state index in [4.69, 9.17) is 0 Å². The quantitative estimate of drug-likeness (QED) is 0.820. The van der Waals surface area contributed by atoms with Crippen molar-refractivity contribution in [2.75, 3.05) is 18.1 Å². The highest BCUT2D eigenvalue weighted by Gasteiger charge is 2.30. The Morgan fingerprint density at radius 2 is 1.88 bits per heavy atom. The van der Waals surface area contributed by atoms with Gasteiger partial charge in [-0.25, -0.2) is 4.79 Å². The highest BCUT2D eigenvalue weighted by molar-refractivity contribution is 5.87. The fourth-order valence-electron chi connectivity index (χ4n) is 1.25. The molecule has 0 saturated carbocycles. The van der Waals surface area contributed by atoms with Crippen LogP contribution < -0.4 is 4.90 Å². The number of amides is 1. The van der Waals surface area contributed by atoms with Gasteiger partial charge in [0.1, 0.15) is 0 Å². The molecule has 0 spiro atoms. The average Bonchev–Trinajstić information content (AvgIpc) is 2.28. The molecular formula is C11H12F3NO2. The van der Waals surface area contributed by atoms with Crippen LogP contribution in [0.1, 0.15) is 6.92 Å². The second kappa shape index (κ2) is 5.56. The minimum Gasteiger partial charge on any atom is -0.440 e. The van der Waals surface area contributed by atoms with Crippen LogP contribution in [0.15, 0.2) is 30.3 Å². The van der Waals surface area contributed by atoms with Gasteiger partial charge in [0.05, 0.1) is 0 Å². The lowest BCUT2D eigenvalue weighted by atomic mass is 10.3. The lowest BCUT2D eigenvalue weighted by molar-refractivity contribution is -0.159. The zero-order valence-electron chi connectivity index (χ0n) is 9.20. The van der Waals surface area contributed by atoms with Crippen molar-refractivity contribution >= 4 is 11.8 Å². The molecule has 94 valence electrons. The number of hydrogen-bond donors (Lipinski definition) is 0. The minimum absolute atomic E-state index is 0.237. The summed E-state index contributed by atoms with van der Waals surface area (Å²) in [5.41, 5.74) is 0.502. The molecule has 0 aliphatic heterocycles. The van der Waals surface area contributed by atoms with E-state index in [0.29, 0.717) is 5.69 Å². The van der Waals surface area contributed by atoms with Gasteiger partial charge in [0, 0.05) is 12.2 Å². The standard InChI is InChI=1S/C11H12F3NO2/c1-2-15(9-6-4-3-5-7-9)10(16)17-8-11(12,13)14/h3-7H,2,8H2,1H3. The molecule has 0 N–H and O–H groups in total. The van der Waals surface area contributed by atoms with Gasteiger partial charge in [0.25, 0.3) is 0 Å². The van der Waals surface area contributed by atoms with E-state index in [1.165, 1.54) is 0 Å². The van der Waals surface area contributed by atoms with Gasteiger partial charge < -0.3 is 4.74 Å². The van der Waals surface area contributed by atoms with Gasteiger partial charge in [-0.05, 0) is 19.1 Å². The van der Waals surface area contributed by atoms with Gasteiger partial charge in [-0.2, -0.15) is 13.2 Å². The maximum absolute atomic E-state index is 11.9. The van der Waals surface area contributed by atoms with Crippen molar-refractivity contribution in [3.8, 4) is 0 Å². The Bertz CT molecular complexity index is 365. The Labute approximate surface area is 96.8 Å². The number of anilines is 1. The number of nitrogens with zero attached hydrogens (tertiary/aromatic N) is 1. The van der Waals surface area contributed by atoms with Crippen LogP contribution in [0.25, 0.3) is 0 Å². The smallest absolute Gasteiger partial charge is 0.422 e. The van der Waals surface area contributed by atoms with Crippen molar-refractivity contribution in [2.45, 2.75) is 13.1 Å². The van der Waals surface area contributed by atoms with Crippen molar-refractivity contribution in [1.29, 1.82) is 0 Å². The second-order valence-corrected chi connectivity index (χ2v) is 3.25. The molecule has 0 bridgehead atoms. The van der Waals surface area contributed by atoms with Crippen LogP contribution in [0.4, 0.5) is 23.7 Å². The molecule has 1 rings (SSSR count). The maximum Gasteiger partial charge on any atom is 0.422 e. The molecule has 1 aromatic rings. The van der Waals surface area contributed by atoms with Crippen molar-refractivity contribution in [3.05, 3.63) is 30.3 Å². The first kappa shape index (κ1) is 13.3. The third-order valence-corrected chi connectivity index (χ3v) is 1.96. The summed E-state index contributed by atoms with van der Waals surface area (Å²) in [6, 6.07) is 8.37. The second-order valence-electron chi connectivity index (χ2n) is 3.25. The van der Waals surface area contributed by atoms with Gasteiger partial charge in [0.15, 0.2) is 6.61 Å². The highest BCUT2D eigenvalue weighted by atomic mass is 19.4. The van der Waals surface area contributed by atoms with Crippen LogP contribution in [0, 0.1) is 0 Å². The molecule has 0 fully saturated rings. The molecule has 0 aliphatic rings. The monoisotopic (exact) mass is 247 g/mol. The molecule has 1 amide bonds. The van der Waals surface area contributed by atoms with Crippen LogP contribution in [0.3, 0.4) is 0 Å². The van der Waals surface area contributed by atoms with Crippen molar-refractivity contribution < 1.29 is 22.7 Å². The molecule has 1 aromatic carbocycles. The molecule has 0 aromatic heterocycles. The van der Waals surface area contributed by atoms with E-state index in [1.807, 2.05) is 0 Å². The van der Waals surface area contributed by atoms with E-state index in [0.717, 1.165) is 4.90 Å². The van der Waals surface area contributed by atoms with E-state index in [2.05, 4.69) is 4.74 Å². The molecule has 0 unspecified atom stereocenters. The van der Waals surface area contributed by atoms with Gasteiger partial charge >= 0.3 is 12.3 Å². The summed E-state index contributed by atoms with van der Waals surface area (Å²) in [6.07, 6.45) is -5.51. The molecule has 0 aliphatic carbocycles. The molecule has 0 atom stereocenters. The molecule has 17 heavy (non-hydrogen) atoms. The number of halogens is 3. The SMILES string of the molecule is CCN(C(=O)OCC(F)(F)F)c1ccccc1. The Morgan fingerprint density at radius 1 is 1.29 bits per heavy atom. The zero-order valence-corrected chi connectivity index (χ0v) is 9.20. The largest absolute Gasteiger partial charge is 0.440 e. The topological polar surface area (TPSA) is 29.5 Å². The summed E-state index contributed by atoms with van der Waals surface area (Å²) in [5.74, 6) is 0. The maximum atomic E-state index is 11.9. The van der Waals surface area contributed by atoms with E-state index in [9.17, 15) is 18.0 Å². The van der Waals surface area contributed by atoms with Crippen LogP contribution in [-0.2, 0) is 4.74 Å². The van der Waals surface area contributed by atoms with Crippen molar-refractivity contribution in [2.24, 2.45) is 0 Å². The van der Waals surface area contributed by atoms with Gasteiger partial charge in [-0.3, -0.25) is 4.90 Å². The van der Waals surface area contributed by atoms with Gasteiger partial charge in [-0.15, -0.1) is 0 Å². The zero-order chi connectivity index (χ0) is 12.9. The number of benzene rings is 1. The summed E-state index contributed by atoms with van der Waals surface area (Å²) >= 11 is 0. The summed E-state index contributed by atoms with van der Waals surface area (Å²) in [5, 5.41) is 0. The number of para-hydroxylation sites is 1. The average molecular weight is 247 g/mol. The fraction of sp³-hybridized carbons (Fsp3) is 0.364. The van der Waals surface area contributed by atoms with Gasteiger partial charge in [0.2, 0.25) is 0 Å². The Balaban J connectivity index is 2.66. The third-order valence-electron chi connectivity index (χ3n) is 1.96. The van der Waals surface area contributed by atoms with Crippen molar-refractivity contribution in [3.63, 3.8) is 0 Å². The summed E-state index contributed by atoms with van der Waals surface area (Å²) < 4.78 is 39.8. The van der Waals surface area contributed by atoms with Gasteiger partial charge in [-0.1, -0.05) is 18.2 Å². The Morgan fingerprint density at radius 3 is 2.35 bits per heavy atom. The third kappa shape index (κ3) is 4.34. The summed E-state index contributed by atoms with van der Waals surface area (Å²) in [6.45, 7) is 0.317. The van der Waals surface area contributed by atoms with Crippen LogP contribution in [-0.4, -0.2) is 25.4 Å². The fourth-order valence-corrected chi connectivity index (χ4v) is 1.25. The first-order valence-corrected chi connectivity index (χ1v) is 5.00. The number of alkyl halides is 3. The van der Waals surface area contributed by atoms with E-state index in [-0.39, 0.29) is 6.54 Å². The number of carbonyl (C=O) groups is 1. The first-order valence-electron chi connectivity index (χ1n) is 5.00. The molecule has 3 nitrogen and oxygen atoms in total. The number of carbonyl (C=O) groups excluding carboxylic acids is 1. The number of hydrogen-bond acceptors (Lipinski definition) is 2. The van der Waals surface area contributed by atoms with Crippen LogP contribution in [0.2, 0.25) is 0 Å². The predicted molar refractivity (Wildman–Crippen MR) is 56.9 cm³/mol. The van der Waals surface area contributed by atoms with E-state index >= 15 is 0 Å². The van der Waals surface area contributed by atoms with E-state index < -0.39 is 18.9 Å². The lowest BCUT2D eigenvalue weighted by Crippen LogP contribution is -2.33. The van der Waals surface area contributed by atoms with Crippen LogP contribution >= 0.6 is 0 Å². The normalized spacial score (nSPS) is 11.1. The first-order chi connectivity index (χ1) is 7.94. The molecule has 0 radical (unpaired) electrons. The molecule has 6 heteroatoms. The number of ether oxygens (including phenoxy) is 1. The minimum atomic E-state index is -4.51. The molecular weight excluding hydrogens is 235 g/mol. The highest BCUT2D eigenvalue weighted by Crippen LogP contribution is 2.18. The lowest BCUT2D eigenvalue weighted by Gasteiger charge is -2.20. The number of rotatable bonds is 3.